The average molecular weight is 415 g/mol. The molecule has 5 rings (SSSR count). The predicted molar refractivity (Wildman–Crippen MR) is 117 cm³/mol. The smallest absolute Gasteiger partial charge is 0.282 e. The van der Waals surface area contributed by atoms with E-state index in [-0.39, 0.29) is 23.3 Å². The Morgan fingerprint density at radius 1 is 1.19 bits per heavy atom. The van der Waals surface area contributed by atoms with Gasteiger partial charge in [0, 0.05) is 18.9 Å². The lowest BCUT2D eigenvalue weighted by molar-refractivity contribution is 0.101. The van der Waals surface area contributed by atoms with Gasteiger partial charge in [0.25, 0.3) is 5.56 Å². The molecule has 1 atom stereocenters. The first kappa shape index (κ1) is 19.0. The van der Waals surface area contributed by atoms with Crippen LogP contribution in [0, 0.1) is 6.92 Å². The minimum absolute atomic E-state index is 0.0931. The van der Waals surface area contributed by atoms with Gasteiger partial charge in [-0.15, -0.1) is 0 Å². The molecule has 0 amide bonds. The third kappa shape index (κ3) is 2.97. The van der Waals surface area contributed by atoms with Crippen molar-refractivity contribution in [3.63, 3.8) is 0 Å². The molecule has 1 aliphatic heterocycles. The van der Waals surface area contributed by atoms with Gasteiger partial charge in [0.15, 0.2) is 11.6 Å². The first-order valence-corrected chi connectivity index (χ1v) is 10.0. The summed E-state index contributed by atoms with van der Waals surface area (Å²) in [4.78, 5) is 36.0. The van der Waals surface area contributed by atoms with E-state index in [2.05, 4.69) is 9.97 Å². The third-order valence-electron chi connectivity index (χ3n) is 5.68. The molecule has 0 bridgehead atoms. The zero-order valence-corrected chi connectivity index (χ0v) is 17.2. The molecule has 0 aliphatic carbocycles. The topological polar surface area (TPSA) is 111 Å². The molecule has 1 saturated heterocycles. The molecule has 4 heterocycles. The van der Waals surface area contributed by atoms with Crippen molar-refractivity contribution in [1.82, 2.24) is 24.1 Å². The molecule has 3 aromatic heterocycles. The summed E-state index contributed by atoms with van der Waals surface area (Å²) >= 11 is 0. The number of nitrogens with zero attached hydrogens (tertiary/aromatic N) is 6. The number of nitrogen functional groups attached to an aromatic ring is 1. The second-order valence-corrected chi connectivity index (χ2v) is 7.65. The van der Waals surface area contributed by atoms with E-state index in [1.165, 1.54) is 13.1 Å². The Balaban J connectivity index is 1.72. The molecule has 2 N–H and O–H groups in total. The first-order chi connectivity index (χ1) is 15.0. The number of anilines is 2. The number of benzene rings is 1. The average Bonchev–Trinajstić information content (AvgIpc) is 3.09. The molecule has 0 unspecified atom stereocenters. The van der Waals surface area contributed by atoms with Crippen LogP contribution in [0.4, 0.5) is 11.8 Å². The fraction of sp³-hybridized carbons (Fsp3) is 0.227. The minimum atomic E-state index is -0.243. The number of rotatable bonds is 4. The normalized spacial score (nSPS) is 15.8. The lowest BCUT2D eigenvalue weighted by Crippen LogP contribution is -2.46. The van der Waals surface area contributed by atoms with Crippen molar-refractivity contribution in [2.75, 3.05) is 17.2 Å². The molecule has 156 valence electrons. The predicted octanol–water partition coefficient (Wildman–Crippen LogP) is 2.32. The van der Waals surface area contributed by atoms with Crippen molar-refractivity contribution in [3.8, 4) is 5.69 Å². The van der Waals surface area contributed by atoms with E-state index >= 15 is 0 Å². The summed E-state index contributed by atoms with van der Waals surface area (Å²) in [5.74, 6) is 0.993. The molecular weight excluding hydrogens is 394 g/mol. The van der Waals surface area contributed by atoms with Crippen LogP contribution >= 0.6 is 0 Å². The summed E-state index contributed by atoms with van der Waals surface area (Å²) in [5.41, 5.74) is 8.20. The van der Waals surface area contributed by atoms with Gasteiger partial charge in [0.05, 0.1) is 17.3 Å². The van der Waals surface area contributed by atoms with Crippen LogP contribution in [0.15, 0.2) is 53.6 Å². The Morgan fingerprint density at radius 2 is 1.97 bits per heavy atom. The van der Waals surface area contributed by atoms with Crippen molar-refractivity contribution < 1.29 is 4.79 Å². The van der Waals surface area contributed by atoms with Crippen LogP contribution in [-0.4, -0.2) is 36.5 Å². The summed E-state index contributed by atoms with van der Waals surface area (Å²) in [7, 11) is 0. The largest absolute Gasteiger partial charge is 0.368 e. The zero-order chi connectivity index (χ0) is 21.7. The van der Waals surface area contributed by atoms with Crippen LogP contribution < -0.4 is 16.2 Å². The van der Waals surface area contributed by atoms with Gasteiger partial charge < -0.3 is 10.6 Å². The standard InChI is InChI=1S/C22H21N7O2/c1-13-8-11-28-18(13)21(31)29(15-6-4-3-5-7-15)20(26-28)17-9-10-27(17)19-16(14(2)30)12-24-22(23)25-19/h3-8,11-12,17H,9-10H2,1-2H3,(H2,23,24,25)/t17-/m0/s1. The van der Waals surface area contributed by atoms with Crippen LogP contribution in [-0.2, 0) is 0 Å². The van der Waals surface area contributed by atoms with Crippen LogP contribution in [0.25, 0.3) is 11.2 Å². The molecule has 0 radical (unpaired) electrons. The number of aryl methyl sites for hydroxylation is 1. The van der Waals surface area contributed by atoms with E-state index in [4.69, 9.17) is 10.8 Å². The first-order valence-electron chi connectivity index (χ1n) is 10.0. The fourth-order valence-electron chi connectivity index (χ4n) is 4.04. The summed E-state index contributed by atoms with van der Waals surface area (Å²) in [6, 6.07) is 11.1. The second kappa shape index (κ2) is 7.05. The number of para-hydroxylation sites is 1. The van der Waals surface area contributed by atoms with E-state index in [9.17, 15) is 9.59 Å². The minimum Gasteiger partial charge on any atom is -0.368 e. The van der Waals surface area contributed by atoms with Gasteiger partial charge in [-0.1, -0.05) is 18.2 Å². The van der Waals surface area contributed by atoms with Crippen LogP contribution in [0.5, 0.6) is 0 Å². The highest BCUT2D eigenvalue weighted by atomic mass is 16.1. The van der Waals surface area contributed by atoms with Gasteiger partial charge in [0.2, 0.25) is 5.95 Å². The van der Waals surface area contributed by atoms with Gasteiger partial charge in [0.1, 0.15) is 11.3 Å². The molecule has 9 nitrogen and oxygen atoms in total. The quantitative estimate of drug-likeness (QED) is 0.509. The highest BCUT2D eigenvalue weighted by molar-refractivity contribution is 5.98. The number of ketones is 1. The lowest BCUT2D eigenvalue weighted by atomic mass is 10.00. The maximum atomic E-state index is 13.5. The highest BCUT2D eigenvalue weighted by Gasteiger charge is 2.37. The van der Waals surface area contributed by atoms with Crippen molar-refractivity contribution in [3.05, 3.63) is 76.1 Å². The van der Waals surface area contributed by atoms with Crippen molar-refractivity contribution in [2.24, 2.45) is 0 Å². The van der Waals surface area contributed by atoms with E-state index in [0.29, 0.717) is 29.3 Å². The van der Waals surface area contributed by atoms with Gasteiger partial charge in [-0.05, 0) is 44.0 Å². The molecule has 31 heavy (non-hydrogen) atoms. The summed E-state index contributed by atoms with van der Waals surface area (Å²) in [6.45, 7) is 4.03. The molecular formula is C22H21N7O2. The van der Waals surface area contributed by atoms with Crippen LogP contribution in [0.2, 0.25) is 0 Å². The third-order valence-corrected chi connectivity index (χ3v) is 5.68. The molecule has 1 fully saturated rings. The molecule has 4 aromatic rings. The molecule has 1 aliphatic rings. The summed E-state index contributed by atoms with van der Waals surface area (Å²) < 4.78 is 3.28. The maximum Gasteiger partial charge on any atom is 0.282 e. The molecule has 1 aromatic carbocycles. The van der Waals surface area contributed by atoms with Crippen molar-refractivity contribution in [1.29, 1.82) is 0 Å². The number of fused-ring (bicyclic) bond motifs is 1. The highest BCUT2D eigenvalue weighted by Crippen LogP contribution is 2.38. The second-order valence-electron chi connectivity index (χ2n) is 7.65. The number of carbonyl (C=O) groups is 1. The fourth-order valence-corrected chi connectivity index (χ4v) is 4.04. The van der Waals surface area contributed by atoms with E-state index in [1.54, 1.807) is 15.3 Å². The Labute approximate surface area is 177 Å². The van der Waals surface area contributed by atoms with Gasteiger partial charge in [-0.2, -0.15) is 10.1 Å². The van der Waals surface area contributed by atoms with Crippen molar-refractivity contribution in [2.45, 2.75) is 26.3 Å². The number of nitrogens with two attached hydrogens (primary N) is 1. The number of aromatic nitrogens is 5. The molecule has 0 spiro atoms. The Bertz CT molecular complexity index is 1370. The van der Waals surface area contributed by atoms with Gasteiger partial charge >= 0.3 is 0 Å². The Hall–Kier alpha value is -4.01. The van der Waals surface area contributed by atoms with Crippen LogP contribution in [0.3, 0.4) is 0 Å². The van der Waals surface area contributed by atoms with Gasteiger partial charge in [-0.3, -0.25) is 14.2 Å². The number of hydrogen-bond donors (Lipinski definition) is 1. The van der Waals surface area contributed by atoms with E-state index in [0.717, 1.165) is 17.7 Å². The summed E-state index contributed by atoms with van der Waals surface area (Å²) in [5, 5.41) is 4.81. The summed E-state index contributed by atoms with van der Waals surface area (Å²) in [6.07, 6.45) is 4.00. The lowest BCUT2D eigenvalue weighted by Gasteiger charge is -2.42. The Kier molecular flexibility index (Phi) is 4.32. The monoisotopic (exact) mass is 415 g/mol. The molecule has 9 heteroatoms. The number of carbonyl (C=O) groups excluding carboxylic acids is 1. The van der Waals surface area contributed by atoms with Gasteiger partial charge in [-0.25, -0.2) is 9.50 Å². The molecule has 0 saturated carbocycles. The maximum absolute atomic E-state index is 13.5. The Morgan fingerprint density at radius 3 is 2.65 bits per heavy atom. The number of hydrogen-bond acceptors (Lipinski definition) is 7. The van der Waals surface area contributed by atoms with Crippen LogP contribution in [0.1, 0.15) is 41.1 Å². The zero-order valence-electron chi connectivity index (χ0n) is 17.2. The number of Topliss-reactive ketones (excluding diaryl/α,β-unsaturated/α-hetero) is 1. The van der Waals surface area contributed by atoms with E-state index in [1.807, 2.05) is 48.2 Å². The van der Waals surface area contributed by atoms with Crippen molar-refractivity contribution >= 4 is 23.1 Å². The SMILES string of the molecule is CC(=O)c1cnc(N)nc1N1CC[C@H]1c1nn2ccc(C)c2c(=O)n1-c1ccccc1. The van der Waals surface area contributed by atoms with E-state index < -0.39 is 0 Å².